The first-order chi connectivity index (χ1) is 16.6. The van der Waals surface area contributed by atoms with Crippen molar-refractivity contribution in [2.24, 2.45) is 0 Å². The van der Waals surface area contributed by atoms with E-state index in [9.17, 15) is 19.2 Å². The monoisotopic (exact) mass is 526 g/mol. The second-order valence-electron chi connectivity index (χ2n) is 7.60. The summed E-state index contributed by atoms with van der Waals surface area (Å²) in [6.45, 7) is 2.01. The smallest absolute Gasteiger partial charge is 0.328 e. The van der Waals surface area contributed by atoms with Crippen molar-refractivity contribution in [3.8, 4) is 0 Å². The van der Waals surface area contributed by atoms with Crippen molar-refractivity contribution < 1.29 is 54.4 Å². The standard InChI is InChI=1S/C19H34N4O11S/c1-14(20-16(24)7-5-12-34-23(30)31)19(27)35-13-8-17(25)21-9-4-6-15(21)18(26)32-10-2-3-11-33-22(28)29/h14-15,28-31H,2-13H2,1H3,(H,20,24)/t14?,15-/m0/s1. The predicted molar refractivity (Wildman–Crippen MR) is 117 cm³/mol. The van der Waals surface area contributed by atoms with E-state index in [1.807, 2.05) is 0 Å². The maximum atomic E-state index is 12.6. The van der Waals surface area contributed by atoms with Gasteiger partial charge in [0.05, 0.1) is 36.6 Å². The number of carbonyl (C=O) groups is 4. The Hall–Kier alpha value is -1.89. The molecule has 1 fully saturated rings. The van der Waals surface area contributed by atoms with Crippen LogP contribution in [0.5, 0.6) is 0 Å². The molecule has 0 aromatic carbocycles. The van der Waals surface area contributed by atoms with Gasteiger partial charge in [-0.15, -0.1) is 0 Å². The highest BCUT2D eigenvalue weighted by atomic mass is 32.2. The Kier molecular flexibility index (Phi) is 15.6. The lowest BCUT2D eigenvalue weighted by Crippen LogP contribution is -2.41. The number of unbranched alkanes of at least 4 members (excludes halogenated alkanes) is 1. The zero-order valence-electron chi connectivity index (χ0n) is 19.5. The summed E-state index contributed by atoms with van der Waals surface area (Å²) in [4.78, 5) is 59.1. The van der Waals surface area contributed by atoms with Gasteiger partial charge in [0.1, 0.15) is 6.04 Å². The van der Waals surface area contributed by atoms with Crippen LogP contribution in [0, 0.1) is 0 Å². The van der Waals surface area contributed by atoms with Crippen LogP contribution in [0.1, 0.15) is 51.9 Å². The molecule has 35 heavy (non-hydrogen) atoms. The summed E-state index contributed by atoms with van der Waals surface area (Å²) in [5.41, 5.74) is 0. The molecular weight excluding hydrogens is 492 g/mol. The molecule has 1 heterocycles. The van der Waals surface area contributed by atoms with Gasteiger partial charge in [0.15, 0.2) is 0 Å². The fourth-order valence-corrected chi connectivity index (χ4v) is 3.98. The third-order valence-corrected chi connectivity index (χ3v) is 5.93. The molecule has 0 radical (unpaired) electrons. The molecule has 1 saturated heterocycles. The van der Waals surface area contributed by atoms with E-state index in [4.69, 9.17) is 25.6 Å². The Labute approximate surface area is 206 Å². The number of amides is 2. The summed E-state index contributed by atoms with van der Waals surface area (Å²) in [5, 5.41) is 35.0. The molecule has 1 rings (SSSR count). The van der Waals surface area contributed by atoms with Crippen molar-refractivity contribution in [2.45, 2.75) is 64.0 Å². The van der Waals surface area contributed by atoms with E-state index < -0.39 is 29.4 Å². The van der Waals surface area contributed by atoms with E-state index in [0.717, 1.165) is 11.8 Å². The number of nitrogens with one attached hydrogen (secondary N) is 1. The number of likely N-dealkylation sites (tertiary alicyclic amines) is 1. The lowest BCUT2D eigenvalue weighted by atomic mass is 10.2. The molecule has 0 aromatic heterocycles. The third-order valence-electron chi connectivity index (χ3n) is 4.88. The lowest BCUT2D eigenvalue weighted by molar-refractivity contribution is -0.492. The number of hydrogen-bond acceptors (Lipinski definition) is 14. The molecule has 0 bridgehead atoms. The molecule has 2 amide bonds. The van der Waals surface area contributed by atoms with Crippen LogP contribution in [-0.4, -0.2) is 104 Å². The normalized spacial score (nSPS) is 16.5. The summed E-state index contributed by atoms with van der Waals surface area (Å²) in [6.07, 6.45) is 2.33. The maximum absolute atomic E-state index is 12.6. The Morgan fingerprint density at radius 2 is 1.63 bits per heavy atom. The average molecular weight is 527 g/mol. The lowest BCUT2D eigenvalue weighted by Gasteiger charge is -2.23. The van der Waals surface area contributed by atoms with Crippen molar-refractivity contribution in [3.63, 3.8) is 0 Å². The van der Waals surface area contributed by atoms with Crippen LogP contribution in [0.25, 0.3) is 0 Å². The molecule has 1 aliphatic rings. The minimum Gasteiger partial charge on any atom is -0.464 e. The first kappa shape index (κ1) is 31.1. The highest BCUT2D eigenvalue weighted by Crippen LogP contribution is 2.21. The summed E-state index contributed by atoms with van der Waals surface area (Å²) in [5.74, 6) is -0.968. The van der Waals surface area contributed by atoms with Crippen LogP contribution in [0.2, 0.25) is 0 Å². The molecule has 16 heteroatoms. The molecule has 1 unspecified atom stereocenters. The second kappa shape index (κ2) is 17.5. The van der Waals surface area contributed by atoms with Crippen LogP contribution >= 0.6 is 11.8 Å². The quantitative estimate of drug-likeness (QED) is 0.0982. The largest absolute Gasteiger partial charge is 0.464 e. The Morgan fingerprint density at radius 1 is 1.00 bits per heavy atom. The van der Waals surface area contributed by atoms with Crippen LogP contribution in [0.3, 0.4) is 0 Å². The van der Waals surface area contributed by atoms with Gasteiger partial charge in [-0.05, 0) is 39.0 Å². The molecule has 0 aromatic rings. The Bertz CT molecular complexity index is 683. The Balaban J connectivity index is 2.27. The summed E-state index contributed by atoms with van der Waals surface area (Å²) >= 11 is 0.913. The summed E-state index contributed by atoms with van der Waals surface area (Å²) in [6, 6.07) is -1.44. The van der Waals surface area contributed by atoms with Gasteiger partial charge in [0.25, 0.3) is 0 Å². The van der Waals surface area contributed by atoms with E-state index in [2.05, 4.69) is 15.0 Å². The van der Waals surface area contributed by atoms with Crippen LogP contribution in [-0.2, 0) is 33.6 Å². The minimum atomic E-state index is -0.770. The number of ether oxygens (including phenoxy) is 1. The number of carbonyl (C=O) groups excluding carboxylic acids is 4. The molecule has 1 aliphatic heterocycles. The van der Waals surface area contributed by atoms with Gasteiger partial charge in [-0.25, -0.2) is 4.79 Å². The van der Waals surface area contributed by atoms with Gasteiger partial charge < -0.3 is 15.0 Å². The molecule has 5 N–H and O–H groups in total. The summed E-state index contributed by atoms with van der Waals surface area (Å²) < 4.78 is 5.21. The van der Waals surface area contributed by atoms with Gasteiger partial charge in [0, 0.05) is 25.1 Å². The molecule has 202 valence electrons. The van der Waals surface area contributed by atoms with Crippen LogP contribution in [0.15, 0.2) is 0 Å². The highest BCUT2D eigenvalue weighted by Gasteiger charge is 2.35. The molecular formula is C19H34N4O11S. The molecule has 15 nitrogen and oxygen atoms in total. The molecule has 0 spiro atoms. The molecule has 0 saturated carbocycles. The number of hydrogen-bond donors (Lipinski definition) is 5. The van der Waals surface area contributed by atoms with E-state index in [-0.39, 0.29) is 61.2 Å². The molecule has 2 atom stereocenters. The number of esters is 1. The van der Waals surface area contributed by atoms with Crippen LogP contribution < -0.4 is 5.32 Å². The van der Waals surface area contributed by atoms with E-state index in [0.29, 0.717) is 32.2 Å². The maximum Gasteiger partial charge on any atom is 0.328 e. The van der Waals surface area contributed by atoms with Gasteiger partial charge in [-0.2, -0.15) is 0 Å². The second-order valence-corrected chi connectivity index (χ2v) is 8.70. The van der Waals surface area contributed by atoms with E-state index in [1.165, 1.54) is 11.8 Å². The Morgan fingerprint density at radius 3 is 2.29 bits per heavy atom. The zero-order chi connectivity index (χ0) is 26.2. The van der Waals surface area contributed by atoms with E-state index >= 15 is 0 Å². The third kappa shape index (κ3) is 13.7. The van der Waals surface area contributed by atoms with Gasteiger partial charge >= 0.3 is 5.97 Å². The summed E-state index contributed by atoms with van der Waals surface area (Å²) in [7, 11) is 0. The number of rotatable bonds is 17. The zero-order valence-corrected chi connectivity index (χ0v) is 20.4. The minimum absolute atomic E-state index is 0.0265. The van der Waals surface area contributed by atoms with Crippen molar-refractivity contribution in [2.75, 3.05) is 32.1 Å². The SMILES string of the molecule is CC(NC(=O)CCCON(O)O)C(=O)SCCC(=O)N1CCC[C@H]1C(=O)OCCCCON(O)O. The van der Waals surface area contributed by atoms with Gasteiger partial charge in [-0.1, -0.05) is 11.8 Å². The van der Waals surface area contributed by atoms with Gasteiger partial charge in [-0.3, -0.25) is 44.9 Å². The van der Waals surface area contributed by atoms with E-state index in [1.54, 1.807) is 0 Å². The number of nitrogens with zero attached hydrogens (tertiary/aromatic N) is 3. The van der Waals surface area contributed by atoms with Crippen molar-refractivity contribution in [1.29, 1.82) is 0 Å². The molecule has 0 aliphatic carbocycles. The first-order valence-electron chi connectivity index (χ1n) is 11.2. The predicted octanol–water partition coefficient (Wildman–Crippen LogP) is 0.260. The fraction of sp³-hybridized carbons (Fsp3) is 0.789. The van der Waals surface area contributed by atoms with Crippen molar-refractivity contribution in [3.05, 3.63) is 0 Å². The van der Waals surface area contributed by atoms with Crippen molar-refractivity contribution in [1.82, 2.24) is 21.0 Å². The topological polar surface area (TPSA) is 199 Å². The average Bonchev–Trinajstić information content (AvgIpc) is 3.28. The number of thioether (sulfide) groups is 1. The highest BCUT2D eigenvalue weighted by molar-refractivity contribution is 8.13. The van der Waals surface area contributed by atoms with Crippen LogP contribution in [0.4, 0.5) is 0 Å². The van der Waals surface area contributed by atoms with Crippen molar-refractivity contribution >= 4 is 34.7 Å². The fourth-order valence-electron chi connectivity index (χ4n) is 3.19. The van der Waals surface area contributed by atoms with Gasteiger partial charge in [0.2, 0.25) is 16.9 Å². The first-order valence-corrected chi connectivity index (χ1v) is 12.1.